The van der Waals surface area contributed by atoms with Gasteiger partial charge in [-0.2, -0.15) is 0 Å². The van der Waals surface area contributed by atoms with Crippen LogP contribution in [0.15, 0.2) is 18.2 Å². The number of ether oxygens (including phenoxy) is 1. The van der Waals surface area contributed by atoms with Gasteiger partial charge in [0.15, 0.2) is 0 Å². The summed E-state index contributed by atoms with van der Waals surface area (Å²) in [6.45, 7) is 4.31. The number of aryl methyl sites for hydroxylation is 1. The van der Waals surface area contributed by atoms with Gasteiger partial charge in [-0.05, 0) is 61.8 Å². The Bertz CT molecular complexity index is 546. The minimum atomic E-state index is -1.83. The minimum Gasteiger partial charge on any atom is -0.497 e. The van der Waals surface area contributed by atoms with E-state index in [1.54, 1.807) is 7.11 Å². The molecule has 0 unspecified atom stereocenters. The highest BCUT2D eigenvalue weighted by Gasteiger charge is 2.19. The van der Waals surface area contributed by atoms with Crippen molar-refractivity contribution in [2.75, 3.05) is 7.11 Å². The Kier molecular flexibility index (Phi) is 8.09. The average molecular weight is 337 g/mol. The molecule has 1 fully saturated rings. The molecule has 0 atom stereocenters. The summed E-state index contributed by atoms with van der Waals surface area (Å²) in [5.41, 5.74) is 2.18. The Morgan fingerprint density at radius 3 is 2.29 bits per heavy atom. The van der Waals surface area contributed by atoms with Gasteiger partial charge < -0.3 is 20.3 Å². The van der Waals surface area contributed by atoms with Crippen LogP contribution in [0.2, 0.25) is 0 Å². The molecule has 3 N–H and O–H groups in total. The number of hydrogen-bond acceptors (Lipinski definition) is 3. The van der Waals surface area contributed by atoms with Crippen LogP contribution in [0.3, 0.4) is 0 Å². The van der Waals surface area contributed by atoms with Gasteiger partial charge in [-0.3, -0.25) is 4.79 Å². The van der Waals surface area contributed by atoms with Crippen LogP contribution in [-0.4, -0.2) is 35.4 Å². The van der Waals surface area contributed by atoms with Gasteiger partial charge in [0, 0.05) is 6.04 Å². The first-order chi connectivity index (χ1) is 11.3. The molecule has 134 valence electrons. The molecular weight excluding hydrogens is 310 g/mol. The number of methoxy groups -OCH3 is 1. The second-order valence-corrected chi connectivity index (χ2v) is 6.28. The van der Waals surface area contributed by atoms with Crippen molar-refractivity contribution in [1.82, 2.24) is 5.32 Å². The second-order valence-electron chi connectivity index (χ2n) is 6.28. The molecule has 1 saturated carbocycles. The summed E-state index contributed by atoms with van der Waals surface area (Å²) >= 11 is 0. The van der Waals surface area contributed by atoms with E-state index in [9.17, 15) is 4.79 Å². The molecule has 1 aromatic rings. The second kappa shape index (κ2) is 9.80. The molecule has 1 aliphatic rings. The maximum absolute atomic E-state index is 12.1. The zero-order valence-electron chi connectivity index (χ0n) is 14.5. The quantitative estimate of drug-likeness (QED) is 0.782. The molecule has 6 nitrogen and oxygen atoms in total. The predicted octanol–water partition coefficient (Wildman–Crippen LogP) is 3.46. The highest BCUT2D eigenvalue weighted by atomic mass is 16.6. The fourth-order valence-corrected chi connectivity index (χ4v) is 2.85. The summed E-state index contributed by atoms with van der Waals surface area (Å²) in [6, 6.07) is 6.25. The number of rotatable bonds is 4. The highest BCUT2D eigenvalue weighted by Crippen LogP contribution is 2.23. The predicted molar refractivity (Wildman–Crippen MR) is 91.7 cm³/mol. The van der Waals surface area contributed by atoms with Gasteiger partial charge in [0.05, 0.1) is 13.5 Å². The van der Waals surface area contributed by atoms with E-state index in [4.69, 9.17) is 19.7 Å². The molecule has 0 bridgehead atoms. The van der Waals surface area contributed by atoms with E-state index in [1.165, 1.54) is 12.8 Å². The SMILES string of the molecule is COc1ccc(CC(=O)NC2CCC(C)CC2)c(C)c1.O=C(O)O. The standard InChI is InChI=1S/C17H25NO2.CH2O3/c1-12-4-7-15(8-5-12)18-17(19)11-14-6-9-16(20-3)10-13(14)2;2-1(3)4/h6,9-10,12,15H,4-5,7-8,11H2,1-3H3,(H,18,19);(H2,2,3,4). The van der Waals surface area contributed by atoms with Crippen LogP contribution in [-0.2, 0) is 11.2 Å². The summed E-state index contributed by atoms with van der Waals surface area (Å²) in [4.78, 5) is 20.7. The number of hydrogen-bond donors (Lipinski definition) is 3. The first-order valence-electron chi connectivity index (χ1n) is 8.16. The summed E-state index contributed by atoms with van der Waals surface area (Å²) in [6.07, 6.45) is 3.32. The lowest BCUT2D eigenvalue weighted by Gasteiger charge is -2.27. The molecule has 24 heavy (non-hydrogen) atoms. The van der Waals surface area contributed by atoms with E-state index >= 15 is 0 Å². The molecule has 6 heteroatoms. The molecule has 0 aliphatic heterocycles. The van der Waals surface area contributed by atoms with Crippen LogP contribution in [0.1, 0.15) is 43.7 Å². The molecule has 2 rings (SSSR count). The number of carboxylic acid groups (broad SMARTS) is 2. The fourth-order valence-electron chi connectivity index (χ4n) is 2.85. The van der Waals surface area contributed by atoms with Gasteiger partial charge in [-0.25, -0.2) is 4.79 Å². The van der Waals surface area contributed by atoms with E-state index in [0.717, 1.165) is 35.6 Å². The summed E-state index contributed by atoms with van der Waals surface area (Å²) in [5.74, 6) is 1.79. The van der Waals surface area contributed by atoms with Crippen molar-refractivity contribution < 1.29 is 24.5 Å². The number of carbonyl (C=O) groups excluding carboxylic acids is 1. The number of benzene rings is 1. The van der Waals surface area contributed by atoms with Crippen LogP contribution in [0, 0.1) is 12.8 Å². The van der Waals surface area contributed by atoms with Gasteiger partial charge in [0.2, 0.25) is 5.91 Å². The van der Waals surface area contributed by atoms with Crippen LogP contribution < -0.4 is 10.1 Å². The molecule has 0 heterocycles. The third kappa shape index (κ3) is 7.35. The molecular formula is C18H27NO5. The smallest absolute Gasteiger partial charge is 0.497 e. The Labute approximate surface area is 142 Å². The number of nitrogens with one attached hydrogen (secondary N) is 1. The van der Waals surface area contributed by atoms with Gasteiger partial charge in [-0.15, -0.1) is 0 Å². The Balaban J connectivity index is 0.000000648. The summed E-state index contributed by atoms with van der Waals surface area (Å²) in [7, 11) is 1.66. The lowest BCUT2D eigenvalue weighted by Crippen LogP contribution is -2.38. The normalized spacial score (nSPS) is 19.6. The van der Waals surface area contributed by atoms with E-state index < -0.39 is 6.16 Å². The zero-order valence-corrected chi connectivity index (χ0v) is 14.5. The van der Waals surface area contributed by atoms with Crippen LogP contribution in [0.4, 0.5) is 4.79 Å². The lowest BCUT2D eigenvalue weighted by atomic mass is 9.87. The van der Waals surface area contributed by atoms with E-state index in [-0.39, 0.29) is 5.91 Å². The Morgan fingerprint density at radius 2 is 1.79 bits per heavy atom. The van der Waals surface area contributed by atoms with Crippen molar-refractivity contribution in [2.45, 2.75) is 52.0 Å². The van der Waals surface area contributed by atoms with Crippen LogP contribution in [0.5, 0.6) is 5.75 Å². The number of amides is 1. The Morgan fingerprint density at radius 1 is 1.21 bits per heavy atom. The van der Waals surface area contributed by atoms with Crippen molar-refractivity contribution >= 4 is 12.1 Å². The largest absolute Gasteiger partial charge is 0.503 e. The number of carbonyl (C=O) groups is 2. The first-order valence-corrected chi connectivity index (χ1v) is 8.16. The summed E-state index contributed by atoms with van der Waals surface area (Å²) < 4.78 is 5.19. The van der Waals surface area contributed by atoms with E-state index in [2.05, 4.69) is 12.2 Å². The minimum absolute atomic E-state index is 0.137. The van der Waals surface area contributed by atoms with Crippen molar-refractivity contribution in [2.24, 2.45) is 5.92 Å². The molecule has 0 radical (unpaired) electrons. The maximum atomic E-state index is 12.1. The molecule has 0 spiro atoms. The molecule has 1 amide bonds. The summed E-state index contributed by atoms with van der Waals surface area (Å²) in [5, 5.41) is 17.1. The van der Waals surface area contributed by atoms with Crippen LogP contribution in [0.25, 0.3) is 0 Å². The monoisotopic (exact) mass is 337 g/mol. The van der Waals surface area contributed by atoms with Gasteiger partial charge in [0.1, 0.15) is 5.75 Å². The third-order valence-corrected chi connectivity index (χ3v) is 4.28. The van der Waals surface area contributed by atoms with E-state index in [1.807, 2.05) is 25.1 Å². The van der Waals surface area contributed by atoms with Crippen molar-refractivity contribution in [3.63, 3.8) is 0 Å². The first kappa shape index (κ1) is 19.8. The van der Waals surface area contributed by atoms with Gasteiger partial charge in [0.25, 0.3) is 0 Å². The lowest BCUT2D eigenvalue weighted by molar-refractivity contribution is -0.121. The third-order valence-electron chi connectivity index (χ3n) is 4.28. The maximum Gasteiger partial charge on any atom is 0.503 e. The van der Waals surface area contributed by atoms with Crippen molar-refractivity contribution in [1.29, 1.82) is 0 Å². The Hall–Kier alpha value is -2.24. The van der Waals surface area contributed by atoms with Gasteiger partial charge >= 0.3 is 6.16 Å². The molecule has 0 saturated heterocycles. The fraction of sp³-hybridized carbons (Fsp3) is 0.556. The van der Waals surface area contributed by atoms with Gasteiger partial charge in [-0.1, -0.05) is 13.0 Å². The average Bonchev–Trinajstić information content (AvgIpc) is 2.51. The molecule has 0 aromatic heterocycles. The van der Waals surface area contributed by atoms with Crippen LogP contribution >= 0.6 is 0 Å². The molecule has 1 aliphatic carbocycles. The zero-order chi connectivity index (χ0) is 18.1. The highest BCUT2D eigenvalue weighted by molar-refractivity contribution is 5.79. The van der Waals surface area contributed by atoms with Crippen molar-refractivity contribution in [3.05, 3.63) is 29.3 Å². The van der Waals surface area contributed by atoms with Crippen molar-refractivity contribution in [3.8, 4) is 5.75 Å². The topological polar surface area (TPSA) is 95.9 Å². The van der Waals surface area contributed by atoms with E-state index in [0.29, 0.717) is 12.5 Å². The molecule has 1 aromatic carbocycles.